The summed E-state index contributed by atoms with van der Waals surface area (Å²) in [7, 11) is 1.55. The van der Waals surface area contributed by atoms with E-state index in [4.69, 9.17) is 9.47 Å². The molecule has 0 saturated heterocycles. The second-order valence-corrected chi connectivity index (χ2v) is 9.88. The highest BCUT2D eigenvalue weighted by atomic mass is 16.5. The van der Waals surface area contributed by atoms with Gasteiger partial charge < -0.3 is 24.8 Å². The fraction of sp³-hybridized carbons (Fsp3) is 0.171. The first-order valence-corrected chi connectivity index (χ1v) is 13.8. The Labute approximate surface area is 251 Å². The number of nitrogens with one attached hydrogen (secondary N) is 1. The molecule has 0 unspecified atom stereocenters. The van der Waals surface area contributed by atoms with Crippen LogP contribution in [0.5, 0.6) is 11.5 Å². The fourth-order valence-electron chi connectivity index (χ4n) is 4.57. The first-order valence-electron chi connectivity index (χ1n) is 13.8. The number of hydrogen-bond acceptors (Lipinski definition) is 6. The second-order valence-electron chi connectivity index (χ2n) is 9.88. The van der Waals surface area contributed by atoms with E-state index in [-0.39, 0.29) is 31.3 Å². The van der Waals surface area contributed by atoms with Crippen molar-refractivity contribution in [1.82, 2.24) is 0 Å². The quantitative estimate of drug-likeness (QED) is 0.139. The van der Waals surface area contributed by atoms with Crippen molar-refractivity contribution in [3.8, 4) is 11.5 Å². The van der Waals surface area contributed by atoms with Crippen LogP contribution >= 0.6 is 0 Å². The van der Waals surface area contributed by atoms with Crippen LogP contribution in [0.15, 0.2) is 115 Å². The van der Waals surface area contributed by atoms with Crippen LogP contribution in [0.1, 0.15) is 28.4 Å². The normalized spacial score (nSPS) is 11.2. The number of ether oxygens (including phenoxy) is 2. The Morgan fingerprint density at radius 2 is 1.53 bits per heavy atom. The van der Waals surface area contributed by atoms with E-state index in [0.29, 0.717) is 39.6 Å². The van der Waals surface area contributed by atoms with Gasteiger partial charge in [-0.15, -0.1) is 0 Å². The molecule has 0 aliphatic carbocycles. The van der Waals surface area contributed by atoms with Gasteiger partial charge in [0, 0.05) is 28.8 Å². The Bertz CT molecular complexity index is 1580. The first kappa shape index (κ1) is 30.6. The Kier molecular flexibility index (Phi) is 10.3. The average Bonchev–Trinajstić information content (AvgIpc) is 3.03. The molecule has 43 heavy (non-hydrogen) atoms. The molecule has 0 spiro atoms. The molecule has 8 nitrogen and oxygen atoms in total. The van der Waals surface area contributed by atoms with Gasteiger partial charge in [-0.3, -0.25) is 9.59 Å². The predicted octanol–water partition coefficient (Wildman–Crippen LogP) is 6.02. The molecule has 1 atom stereocenters. The van der Waals surface area contributed by atoms with Crippen molar-refractivity contribution >= 4 is 29.0 Å². The van der Waals surface area contributed by atoms with Crippen LogP contribution in [0.4, 0.5) is 11.4 Å². The molecule has 0 saturated carbocycles. The van der Waals surface area contributed by atoms with Gasteiger partial charge in [0.25, 0.3) is 5.91 Å². The predicted molar refractivity (Wildman–Crippen MR) is 167 cm³/mol. The smallest absolute Gasteiger partial charge is 0.326 e. The fourth-order valence-corrected chi connectivity index (χ4v) is 4.57. The highest BCUT2D eigenvalue weighted by Gasteiger charge is 2.22. The van der Waals surface area contributed by atoms with Crippen LogP contribution in [-0.2, 0) is 16.0 Å². The molecular weight excluding hydrogens is 544 g/mol. The van der Waals surface area contributed by atoms with Crippen molar-refractivity contribution in [2.45, 2.75) is 19.4 Å². The van der Waals surface area contributed by atoms with Gasteiger partial charge in [-0.25, -0.2) is 4.79 Å². The highest BCUT2D eigenvalue weighted by molar-refractivity contribution is 6.12. The molecule has 220 valence electrons. The number of aliphatic carboxylic acids is 1. The molecule has 0 heterocycles. The van der Waals surface area contributed by atoms with E-state index in [9.17, 15) is 19.5 Å². The molecule has 4 rings (SSSR count). The molecule has 1 amide bonds. The lowest BCUT2D eigenvalue weighted by atomic mass is 10.00. The monoisotopic (exact) mass is 578 g/mol. The number of nitrogens with zero attached hydrogens (tertiary/aromatic N) is 1. The summed E-state index contributed by atoms with van der Waals surface area (Å²) in [5, 5.41) is 13.0. The van der Waals surface area contributed by atoms with Crippen LogP contribution in [0, 0.1) is 0 Å². The number of rotatable bonds is 14. The van der Waals surface area contributed by atoms with Gasteiger partial charge in [-0.2, -0.15) is 0 Å². The minimum absolute atomic E-state index is 0.179. The summed E-state index contributed by atoms with van der Waals surface area (Å²) < 4.78 is 11.3. The number of benzene rings is 4. The lowest BCUT2D eigenvalue weighted by Crippen LogP contribution is -2.35. The van der Waals surface area contributed by atoms with Crippen molar-refractivity contribution in [2.75, 3.05) is 30.5 Å². The van der Waals surface area contributed by atoms with Gasteiger partial charge in [0.1, 0.15) is 24.1 Å². The van der Waals surface area contributed by atoms with E-state index in [0.717, 1.165) is 5.56 Å². The molecule has 4 aromatic rings. The maximum absolute atomic E-state index is 13.1. The molecule has 0 aliphatic heterocycles. The van der Waals surface area contributed by atoms with Gasteiger partial charge in [0.2, 0.25) is 0 Å². The number of anilines is 2. The Hall–Kier alpha value is -5.37. The van der Waals surface area contributed by atoms with Crippen molar-refractivity contribution in [2.24, 2.45) is 0 Å². The van der Waals surface area contributed by atoms with Gasteiger partial charge in [0.05, 0.1) is 19.3 Å². The van der Waals surface area contributed by atoms with E-state index in [1.807, 2.05) is 18.2 Å². The number of carboxylic acid groups (broad SMARTS) is 1. The van der Waals surface area contributed by atoms with Crippen molar-refractivity contribution in [1.29, 1.82) is 0 Å². The number of carbonyl (C=O) groups excluding carboxylic acids is 2. The number of methoxy groups -OCH3 is 1. The standard InChI is InChI=1S/C35H34N2O6/c1-24(2)34(39)37(31-15-9-10-16-32(31)42-3)21-22-43-27-19-17-25(18-20-27)23-30(35(40)41)36-29-14-8-7-13-28(29)33(38)26-11-5-4-6-12-26/h4-20,30,36H,1,21-23H2,2-3H3,(H,40,41)/t30-/m0/s1. The SMILES string of the molecule is C=C(C)C(=O)N(CCOc1ccc(C[C@H](Nc2ccccc2C(=O)c2ccccc2)C(=O)O)cc1)c1ccccc1OC. The van der Waals surface area contributed by atoms with Crippen LogP contribution in [0.2, 0.25) is 0 Å². The molecule has 2 N–H and O–H groups in total. The third-order valence-electron chi connectivity index (χ3n) is 6.77. The summed E-state index contributed by atoms with van der Waals surface area (Å²) in [6.45, 7) is 5.92. The van der Waals surface area contributed by atoms with Crippen LogP contribution in [0.25, 0.3) is 0 Å². The second kappa shape index (κ2) is 14.5. The Morgan fingerprint density at radius 3 is 2.21 bits per heavy atom. The van der Waals surface area contributed by atoms with E-state index in [1.165, 1.54) is 0 Å². The van der Waals surface area contributed by atoms with Crippen LogP contribution < -0.4 is 19.7 Å². The third kappa shape index (κ3) is 7.89. The zero-order valence-electron chi connectivity index (χ0n) is 24.2. The minimum Gasteiger partial charge on any atom is -0.495 e. The lowest BCUT2D eigenvalue weighted by molar-refractivity contribution is -0.137. The summed E-state index contributed by atoms with van der Waals surface area (Å²) in [4.78, 5) is 39.7. The van der Waals surface area contributed by atoms with Gasteiger partial charge in [0.15, 0.2) is 5.78 Å². The van der Waals surface area contributed by atoms with Gasteiger partial charge in [-0.05, 0) is 48.9 Å². The van der Waals surface area contributed by atoms with E-state index in [2.05, 4.69) is 11.9 Å². The largest absolute Gasteiger partial charge is 0.495 e. The van der Waals surface area contributed by atoms with E-state index < -0.39 is 12.0 Å². The minimum atomic E-state index is -1.04. The number of carbonyl (C=O) groups is 3. The average molecular weight is 579 g/mol. The first-order chi connectivity index (χ1) is 20.8. The Morgan fingerprint density at radius 1 is 0.884 bits per heavy atom. The maximum atomic E-state index is 13.1. The van der Waals surface area contributed by atoms with Crippen molar-refractivity contribution < 1.29 is 29.0 Å². The summed E-state index contributed by atoms with van der Waals surface area (Å²) in [6, 6.07) is 29.1. The molecular formula is C35H34N2O6. The van der Waals surface area contributed by atoms with E-state index >= 15 is 0 Å². The molecule has 0 aromatic heterocycles. The van der Waals surface area contributed by atoms with Gasteiger partial charge >= 0.3 is 5.97 Å². The number of ketones is 1. The van der Waals surface area contributed by atoms with Crippen molar-refractivity contribution in [3.63, 3.8) is 0 Å². The number of carboxylic acids is 1. The molecule has 4 aromatic carbocycles. The molecule has 0 fully saturated rings. The Balaban J connectivity index is 1.41. The third-order valence-corrected chi connectivity index (χ3v) is 6.77. The number of hydrogen-bond donors (Lipinski definition) is 2. The molecule has 8 heteroatoms. The summed E-state index contributed by atoms with van der Waals surface area (Å²) in [6.07, 6.45) is 0.179. The number of amides is 1. The number of para-hydroxylation sites is 3. The van der Waals surface area contributed by atoms with Crippen molar-refractivity contribution in [3.05, 3.63) is 132 Å². The van der Waals surface area contributed by atoms with Gasteiger partial charge in [-0.1, -0.05) is 73.3 Å². The molecule has 0 bridgehead atoms. The van der Waals surface area contributed by atoms with E-state index in [1.54, 1.807) is 104 Å². The zero-order valence-corrected chi connectivity index (χ0v) is 24.2. The molecule has 0 aliphatic rings. The topological polar surface area (TPSA) is 105 Å². The summed E-state index contributed by atoms with van der Waals surface area (Å²) >= 11 is 0. The molecule has 0 radical (unpaired) electrons. The zero-order chi connectivity index (χ0) is 30.8. The summed E-state index contributed by atoms with van der Waals surface area (Å²) in [5.74, 6) is -0.326. The summed E-state index contributed by atoms with van der Waals surface area (Å²) in [5.41, 5.74) is 3.16. The lowest BCUT2D eigenvalue weighted by Gasteiger charge is -2.25. The van der Waals surface area contributed by atoms with Crippen LogP contribution in [0.3, 0.4) is 0 Å². The highest BCUT2D eigenvalue weighted by Crippen LogP contribution is 2.29. The maximum Gasteiger partial charge on any atom is 0.326 e. The van der Waals surface area contributed by atoms with Crippen LogP contribution in [-0.4, -0.2) is 49.1 Å².